The first-order chi connectivity index (χ1) is 10.3. The number of nitrogens with zero attached hydrogens (tertiary/aromatic N) is 2. The van der Waals surface area contributed by atoms with Crippen molar-refractivity contribution in [1.29, 1.82) is 0 Å². The summed E-state index contributed by atoms with van der Waals surface area (Å²) in [6.45, 7) is 0.837. The molecule has 0 amide bonds. The van der Waals surface area contributed by atoms with Crippen LogP contribution in [0, 0.1) is 0 Å². The molecule has 2 aliphatic rings. The van der Waals surface area contributed by atoms with Crippen LogP contribution < -0.4 is 5.32 Å². The van der Waals surface area contributed by atoms with Crippen LogP contribution in [-0.2, 0) is 6.54 Å². The molecule has 2 fully saturated rings. The molecule has 0 aliphatic heterocycles. The molecule has 0 spiro atoms. The van der Waals surface area contributed by atoms with E-state index in [9.17, 15) is 0 Å². The fraction of sp³-hybridized carbons (Fsp3) is 0.647. The second-order valence-electron chi connectivity index (χ2n) is 6.32. The number of hydrogen-bond donors (Lipinski definition) is 1. The van der Waals surface area contributed by atoms with Gasteiger partial charge in [0.2, 0.25) is 0 Å². The van der Waals surface area contributed by atoms with Gasteiger partial charge in [-0.3, -0.25) is 4.98 Å². The Morgan fingerprint density at radius 3 is 2.52 bits per heavy atom. The molecule has 0 radical (unpaired) electrons. The van der Waals surface area contributed by atoms with E-state index in [0.29, 0.717) is 12.1 Å². The molecule has 0 unspecified atom stereocenters. The maximum absolute atomic E-state index is 5.73. The van der Waals surface area contributed by atoms with Crippen LogP contribution in [0.15, 0.2) is 24.4 Å². The maximum atomic E-state index is 5.73. The first-order valence-electron chi connectivity index (χ1n) is 8.30. The van der Waals surface area contributed by atoms with E-state index in [0.717, 1.165) is 17.4 Å². The highest BCUT2D eigenvalue weighted by molar-refractivity contribution is 7.80. The lowest BCUT2D eigenvalue weighted by Gasteiger charge is -2.33. The van der Waals surface area contributed by atoms with E-state index >= 15 is 0 Å². The van der Waals surface area contributed by atoms with Crippen molar-refractivity contribution in [2.75, 3.05) is 0 Å². The van der Waals surface area contributed by atoms with Gasteiger partial charge in [0.05, 0.1) is 12.2 Å². The minimum Gasteiger partial charge on any atom is -0.360 e. The Morgan fingerprint density at radius 1 is 1.14 bits per heavy atom. The Bertz CT molecular complexity index is 450. The van der Waals surface area contributed by atoms with E-state index in [1.165, 1.54) is 51.4 Å². The van der Waals surface area contributed by atoms with Crippen molar-refractivity contribution in [3.63, 3.8) is 0 Å². The van der Waals surface area contributed by atoms with Gasteiger partial charge in [-0.05, 0) is 50.0 Å². The molecule has 114 valence electrons. The number of aromatic nitrogens is 1. The molecule has 1 aromatic heterocycles. The smallest absolute Gasteiger partial charge is 0.169 e. The van der Waals surface area contributed by atoms with E-state index in [-0.39, 0.29) is 0 Å². The predicted molar refractivity (Wildman–Crippen MR) is 90.0 cm³/mol. The zero-order valence-corrected chi connectivity index (χ0v) is 13.4. The van der Waals surface area contributed by atoms with E-state index in [1.54, 1.807) is 0 Å². The second-order valence-corrected chi connectivity index (χ2v) is 6.70. The molecule has 3 nitrogen and oxygen atoms in total. The van der Waals surface area contributed by atoms with Crippen molar-refractivity contribution in [3.8, 4) is 0 Å². The molecular formula is C17H25N3S. The first kappa shape index (κ1) is 14.8. The molecule has 1 aromatic rings. The third kappa shape index (κ3) is 3.94. The summed E-state index contributed by atoms with van der Waals surface area (Å²) in [5.41, 5.74) is 1.11. The molecule has 1 heterocycles. The summed E-state index contributed by atoms with van der Waals surface area (Å²) in [5, 5.41) is 4.55. The standard InChI is InChI=1S/C17H25N3S/c21-17(19-14-7-1-2-8-14)20(16-10-3-4-11-16)13-15-9-5-6-12-18-15/h5-6,9,12,14,16H,1-4,7-8,10-11,13H2,(H,19,21). The molecular weight excluding hydrogens is 278 g/mol. The summed E-state index contributed by atoms with van der Waals surface area (Å²) in [6, 6.07) is 7.31. The van der Waals surface area contributed by atoms with Crippen molar-refractivity contribution < 1.29 is 0 Å². The van der Waals surface area contributed by atoms with Crippen LogP contribution >= 0.6 is 12.2 Å². The van der Waals surface area contributed by atoms with Gasteiger partial charge in [0.15, 0.2) is 5.11 Å². The maximum Gasteiger partial charge on any atom is 0.169 e. The number of nitrogens with one attached hydrogen (secondary N) is 1. The van der Waals surface area contributed by atoms with Gasteiger partial charge in [-0.2, -0.15) is 0 Å². The number of pyridine rings is 1. The van der Waals surface area contributed by atoms with Crippen LogP contribution in [-0.4, -0.2) is 27.1 Å². The van der Waals surface area contributed by atoms with Gasteiger partial charge in [-0.25, -0.2) is 0 Å². The fourth-order valence-corrected chi connectivity index (χ4v) is 3.96. The van der Waals surface area contributed by atoms with Crippen LogP contribution in [0.4, 0.5) is 0 Å². The van der Waals surface area contributed by atoms with E-state index in [2.05, 4.69) is 27.3 Å². The highest BCUT2D eigenvalue weighted by Gasteiger charge is 2.26. The molecule has 0 aromatic carbocycles. The van der Waals surface area contributed by atoms with Crippen LogP contribution in [0.5, 0.6) is 0 Å². The Labute approximate surface area is 133 Å². The van der Waals surface area contributed by atoms with Gasteiger partial charge < -0.3 is 10.2 Å². The van der Waals surface area contributed by atoms with Crippen molar-refractivity contribution >= 4 is 17.3 Å². The largest absolute Gasteiger partial charge is 0.360 e. The van der Waals surface area contributed by atoms with Crippen molar-refractivity contribution in [3.05, 3.63) is 30.1 Å². The van der Waals surface area contributed by atoms with Crippen LogP contribution in [0.1, 0.15) is 57.1 Å². The third-order valence-corrected chi connectivity index (χ3v) is 5.12. The van der Waals surface area contributed by atoms with Crippen LogP contribution in [0.2, 0.25) is 0 Å². The number of rotatable bonds is 4. The van der Waals surface area contributed by atoms with E-state index in [1.807, 2.05) is 12.3 Å². The lowest BCUT2D eigenvalue weighted by molar-refractivity contribution is 0.297. The zero-order valence-electron chi connectivity index (χ0n) is 12.6. The SMILES string of the molecule is S=C(NC1CCCC1)N(Cc1ccccn1)C1CCCC1. The van der Waals surface area contributed by atoms with Gasteiger partial charge in [-0.1, -0.05) is 31.7 Å². The van der Waals surface area contributed by atoms with Crippen molar-refractivity contribution in [2.24, 2.45) is 0 Å². The average molecular weight is 303 g/mol. The minimum atomic E-state index is 0.588. The zero-order chi connectivity index (χ0) is 14.5. The topological polar surface area (TPSA) is 28.2 Å². The van der Waals surface area contributed by atoms with E-state index < -0.39 is 0 Å². The highest BCUT2D eigenvalue weighted by Crippen LogP contribution is 2.26. The molecule has 2 aliphatic carbocycles. The van der Waals surface area contributed by atoms with Crippen molar-refractivity contribution in [2.45, 2.75) is 70.0 Å². The molecule has 0 atom stereocenters. The summed E-state index contributed by atoms with van der Waals surface area (Å²) in [7, 11) is 0. The van der Waals surface area contributed by atoms with Gasteiger partial charge in [0.25, 0.3) is 0 Å². The van der Waals surface area contributed by atoms with E-state index in [4.69, 9.17) is 12.2 Å². The molecule has 3 rings (SSSR count). The molecule has 2 saturated carbocycles. The minimum absolute atomic E-state index is 0.588. The van der Waals surface area contributed by atoms with Crippen molar-refractivity contribution in [1.82, 2.24) is 15.2 Å². The quantitative estimate of drug-likeness (QED) is 0.860. The average Bonchev–Trinajstić information content (AvgIpc) is 3.19. The van der Waals surface area contributed by atoms with Crippen LogP contribution in [0.25, 0.3) is 0 Å². The van der Waals surface area contributed by atoms with Crippen LogP contribution in [0.3, 0.4) is 0 Å². The van der Waals surface area contributed by atoms with Gasteiger partial charge in [0.1, 0.15) is 0 Å². The van der Waals surface area contributed by atoms with Gasteiger partial charge in [-0.15, -0.1) is 0 Å². The summed E-state index contributed by atoms with van der Waals surface area (Å²) < 4.78 is 0. The molecule has 1 N–H and O–H groups in total. The third-order valence-electron chi connectivity index (χ3n) is 4.77. The lowest BCUT2D eigenvalue weighted by atomic mass is 10.2. The Balaban J connectivity index is 1.67. The molecule has 4 heteroatoms. The first-order valence-corrected chi connectivity index (χ1v) is 8.71. The summed E-state index contributed by atoms with van der Waals surface area (Å²) >= 11 is 5.73. The highest BCUT2D eigenvalue weighted by atomic mass is 32.1. The van der Waals surface area contributed by atoms with Gasteiger partial charge in [0, 0.05) is 18.3 Å². The Morgan fingerprint density at radius 2 is 1.86 bits per heavy atom. The van der Waals surface area contributed by atoms with Gasteiger partial charge >= 0.3 is 0 Å². The molecule has 21 heavy (non-hydrogen) atoms. The summed E-state index contributed by atoms with van der Waals surface area (Å²) in [4.78, 5) is 6.87. The predicted octanol–water partition coefficient (Wildman–Crippen LogP) is 3.64. The molecule has 0 bridgehead atoms. The number of hydrogen-bond acceptors (Lipinski definition) is 2. The summed E-state index contributed by atoms with van der Waals surface area (Å²) in [5.74, 6) is 0. The normalized spacial score (nSPS) is 19.8. The Hall–Kier alpha value is -1.16. The monoisotopic (exact) mass is 303 g/mol. The second kappa shape index (κ2) is 7.21. The Kier molecular flexibility index (Phi) is 5.07. The lowest BCUT2D eigenvalue weighted by Crippen LogP contribution is -2.47. The number of thiocarbonyl (C=S) groups is 1. The molecule has 0 saturated heterocycles. The summed E-state index contributed by atoms with van der Waals surface area (Å²) in [6.07, 6.45) is 12.3. The fourth-order valence-electron chi connectivity index (χ4n) is 3.58.